The number of fused-ring (bicyclic) bond motifs is 1. The lowest BCUT2D eigenvalue weighted by Gasteiger charge is -2.55. The maximum Gasteiger partial charge on any atom is 0.435 e. The zero-order chi connectivity index (χ0) is 24.6. The molecule has 0 spiro atoms. The second-order valence-corrected chi connectivity index (χ2v) is 10.3. The highest BCUT2D eigenvalue weighted by Crippen LogP contribution is 2.47. The monoisotopic (exact) mass is 530 g/mol. The van der Waals surface area contributed by atoms with E-state index in [1.165, 1.54) is 0 Å². The van der Waals surface area contributed by atoms with Crippen LogP contribution in [-0.2, 0) is 30.3 Å². The SMILES string of the molecule is CO[C@@]1(NC(=O)C[S+]([O-])C(F)(F)CF)C(=O)N2C(C(=O)O)=C(CSc3nnc(C)o3)CS[C@H]21. The van der Waals surface area contributed by atoms with Gasteiger partial charge in [0.2, 0.25) is 12.6 Å². The number of carboxylic acid groups (broad SMARTS) is 1. The summed E-state index contributed by atoms with van der Waals surface area (Å²) in [5, 5.41) is 14.2. The number of thioether (sulfide) groups is 2. The second-order valence-electron chi connectivity index (χ2n) is 6.72. The van der Waals surface area contributed by atoms with Crippen molar-refractivity contribution in [1.82, 2.24) is 20.4 Å². The summed E-state index contributed by atoms with van der Waals surface area (Å²) in [7, 11) is 1.07. The number of hydrogen-bond donors (Lipinski definition) is 2. The van der Waals surface area contributed by atoms with Gasteiger partial charge in [0.05, 0.1) is 0 Å². The maximum absolute atomic E-state index is 13.2. The molecule has 0 saturated carbocycles. The molecule has 17 heteroatoms. The van der Waals surface area contributed by atoms with E-state index in [0.717, 1.165) is 35.5 Å². The van der Waals surface area contributed by atoms with E-state index in [1.54, 1.807) is 6.92 Å². The van der Waals surface area contributed by atoms with Crippen LogP contribution in [0.25, 0.3) is 0 Å². The van der Waals surface area contributed by atoms with E-state index < -0.39 is 57.7 Å². The summed E-state index contributed by atoms with van der Waals surface area (Å²) in [4.78, 5) is 37.9. The largest absolute Gasteiger partial charge is 0.611 e. The number of methoxy groups -OCH3 is 1. The van der Waals surface area contributed by atoms with Gasteiger partial charge in [-0.05, 0) is 5.57 Å². The molecule has 3 rings (SSSR count). The van der Waals surface area contributed by atoms with Crippen LogP contribution < -0.4 is 5.32 Å². The molecule has 2 aliphatic rings. The molecule has 0 bridgehead atoms. The number of aryl methyl sites for hydroxylation is 1. The molecule has 0 aliphatic carbocycles. The number of hydrogen-bond acceptors (Lipinski definition) is 10. The molecule has 2 amide bonds. The molecular weight excluding hydrogens is 513 g/mol. The van der Waals surface area contributed by atoms with Crippen molar-refractivity contribution >= 4 is 52.5 Å². The third-order valence-electron chi connectivity index (χ3n) is 4.59. The van der Waals surface area contributed by atoms with Crippen molar-refractivity contribution in [2.45, 2.75) is 28.5 Å². The Labute approximate surface area is 196 Å². The number of ether oxygens (including phenoxy) is 1. The Hall–Kier alpha value is -1.95. The number of rotatable bonds is 10. The summed E-state index contributed by atoms with van der Waals surface area (Å²) in [6.07, 6.45) is 0. The molecule has 0 radical (unpaired) electrons. The van der Waals surface area contributed by atoms with Gasteiger partial charge in [0, 0.05) is 36.7 Å². The Morgan fingerprint density at radius 3 is 2.76 bits per heavy atom. The number of alkyl halides is 3. The normalized spacial score (nSPS) is 23.8. The molecule has 33 heavy (non-hydrogen) atoms. The highest BCUT2D eigenvalue weighted by molar-refractivity contribution is 8.01. The van der Waals surface area contributed by atoms with E-state index in [9.17, 15) is 37.2 Å². The van der Waals surface area contributed by atoms with Gasteiger partial charge in [-0.15, -0.1) is 22.0 Å². The Kier molecular flexibility index (Phi) is 7.57. The summed E-state index contributed by atoms with van der Waals surface area (Å²) in [6.45, 7) is -0.629. The predicted molar refractivity (Wildman–Crippen MR) is 109 cm³/mol. The fourth-order valence-electron chi connectivity index (χ4n) is 3.07. The third kappa shape index (κ3) is 4.82. The van der Waals surface area contributed by atoms with Gasteiger partial charge in [-0.1, -0.05) is 11.8 Å². The molecule has 1 fully saturated rings. The number of carbonyl (C=O) groups is 3. The van der Waals surface area contributed by atoms with Crippen molar-refractivity contribution in [2.24, 2.45) is 0 Å². The molecule has 1 saturated heterocycles. The maximum atomic E-state index is 13.2. The minimum absolute atomic E-state index is 0.121. The van der Waals surface area contributed by atoms with Crippen LogP contribution in [0.4, 0.5) is 13.2 Å². The first kappa shape index (κ1) is 25.7. The smallest absolute Gasteiger partial charge is 0.435 e. The quantitative estimate of drug-likeness (QED) is 0.188. The van der Waals surface area contributed by atoms with Crippen LogP contribution in [0, 0.1) is 6.92 Å². The first-order valence-corrected chi connectivity index (χ1v) is 12.3. The number of aliphatic carboxylic acids is 1. The number of halogens is 3. The van der Waals surface area contributed by atoms with E-state index in [1.807, 2.05) is 0 Å². The van der Waals surface area contributed by atoms with Gasteiger partial charge in [0.1, 0.15) is 11.1 Å². The highest BCUT2D eigenvalue weighted by atomic mass is 32.2. The van der Waals surface area contributed by atoms with Crippen LogP contribution in [0.1, 0.15) is 5.89 Å². The van der Waals surface area contributed by atoms with Gasteiger partial charge in [-0.2, -0.15) is 8.78 Å². The van der Waals surface area contributed by atoms with Gasteiger partial charge in [0.15, 0.2) is 5.75 Å². The lowest BCUT2D eigenvalue weighted by atomic mass is 9.98. The third-order valence-corrected chi connectivity index (χ3v) is 8.17. The van der Waals surface area contributed by atoms with Crippen LogP contribution in [0.2, 0.25) is 0 Å². The minimum Gasteiger partial charge on any atom is -0.611 e. The van der Waals surface area contributed by atoms with Crippen molar-refractivity contribution in [3.63, 3.8) is 0 Å². The highest BCUT2D eigenvalue weighted by Gasteiger charge is 2.67. The minimum atomic E-state index is -4.23. The van der Waals surface area contributed by atoms with Crippen LogP contribution in [-0.4, -0.2) is 89.9 Å². The summed E-state index contributed by atoms with van der Waals surface area (Å²) in [5.41, 5.74) is -2.00. The lowest BCUT2D eigenvalue weighted by Crippen LogP contribution is -2.81. The number of nitrogens with one attached hydrogen (secondary N) is 1. The first-order valence-electron chi connectivity index (χ1n) is 8.98. The summed E-state index contributed by atoms with van der Waals surface area (Å²) in [5.74, 6) is -4.30. The van der Waals surface area contributed by atoms with E-state index in [4.69, 9.17) is 9.15 Å². The average Bonchev–Trinajstić information content (AvgIpc) is 3.19. The molecule has 1 aromatic rings. The van der Waals surface area contributed by atoms with Gasteiger partial charge < -0.3 is 24.1 Å². The van der Waals surface area contributed by atoms with Crippen LogP contribution in [0.3, 0.4) is 0 Å². The standard InChI is InChI=1S/C16H17F3N4O7S3/c1-7-21-22-14(30-7)32-4-8-3-31-13-16(29-2,12(27)23(13)10(8)11(25)26)20-9(24)5-33(28)15(18,19)6-17/h13H,3-6H2,1-2H3,(H,20,24)(H,25,26)/t13-,16-,33?/m0/s1. The summed E-state index contributed by atoms with van der Waals surface area (Å²) in [6, 6.07) is 0. The zero-order valence-electron chi connectivity index (χ0n) is 17.0. The lowest BCUT2D eigenvalue weighted by molar-refractivity contribution is -0.192. The Morgan fingerprint density at radius 2 is 2.21 bits per heavy atom. The molecule has 3 atom stereocenters. The molecule has 11 nitrogen and oxygen atoms in total. The number of amides is 2. The van der Waals surface area contributed by atoms with Crippen LogP contribution >= 0.6 is 23.5 Å². The molecule has 1 unspecified atom stereocenters. The number of aromatic nitrogens is 2. The zero-order valence-corrected chi connectivity index (χ0v) is 19.5. The van der Waals surface area contributed by atoms with Crippen LogP contribution in [0.15, 0.2) is 20.9 Å². The Morgan fingerprint density at radius 1 is 1.52 bits per heavy atom. The second kappa shape index (κ2) is 9.73. The van der Waals surface area contributed by atoms with Crippen molar-refractivity contribution in [2.75, 3.05) is 31.0 Å². The van der Waals surface area contributed by atoms with Gasteiger partial charge in [-0.25, -0.2) is 9.18 Å². The van der Waals surface area contributed by atoms with Gasteiger partial charge in [-0.3, -0.25) is 14.5 Å². The van der Waals surface area contributed by atoms with E-state index in [-0.39, 0.29) is 22.4 Å². The fraction of sp³-hybridized carbons (Fsp3) is 0.562. The van der Waals surface area contributed by atoms with Crippen molar-refractivity contribution in [3.05, 3.63) is 17.2 Å². The molecule has 1 aromatic heterocycles. The number of nitrogens with zero attached hydrogens (tertiary/aromatic N) is 3. The molecular formula is C16H17F3N4O7S3. The summed E-state index contributed by atoms with van der Waals surface area (Å²) >= 11 is -1.02. The molecule has 2 N–H and O–H groups in total. The molecule has 0 aromatic carbocycles. The Balaban J connectivity index is 1.77. The molecule has 2 aliphatic heterocycles. The van der Waals surface area contributed by atoms with E-state index in [0.29, 0.717) is 11.5 Å². The van der Waals surface area contributed by atoms with E-state index >= 15 is 0 Å². The van der Waals surface area contributed by atoms with Crippen molar-refractivity contribution in [3.8, 4) is 0 Å². The van der Waals surface area contributed by atoms with Gasteiger partial charge in [0.25, 0.3) is 22.8 Å². The van der Waals surface area contributed by atoms with Crippen molar-refractivity contribution < 1.29 is 46.4 Å². The summed E-state index contributed by atoms with van der Waals surface area (Å²) < 4.78 is 60.6. The number of carboxylic acids is 1. The number of carbonyl (C=O) groups excluding carboxylic acids is 2. The molecule has 3 heterocycles. The van der Waals surface area contributed by atoms with Gasteiger partial charge >= 0.3 is 11.2 Å². The molecule has 182 valence electrons. The van der Waals surface area contributed by atoms with Crippen LogP contribution in [0.5, 0.6) is 0 Å². The predicted octanol–water partition coefficient (Wildman–Crippen LogP) is 0.494. The van der Waals surface area contributed by atoms with Crippen molar-refractivity contribution in [1.29, 1.82) is 0 Å². The first-order chi connectivity index (χ1) is 15.5. The topological polar surface area (TPSA) is 158 Å². The average molecular weight is 531 g/mol. The number of β-lactam (4-membered cyclic amide) rings is 1. The Bertz CT molecular complexity index is 994. The fourth-order valence-corrected chi connectivity index (χ4v) is 6.09. The van der Waals surface area contributed by atoms with E-state index in [2.05, 4.69) is 15.5 Å².